The van der Waals surface area contributed by atoms with Crippen molar-refractivity contribution in [2.75, 3.05) is 0 Å². The smallest absolute Gasteiger partial charge is 0.0547 e. The van der Waals surface area contributed by atoms with Crippen molar-refractivity contribution in [1.29, 1.82) is 0 Å². The average molecular weight is 782 g/mol. The lowest BCUT2D eigenvalue weighted by molar-refractivity contribution is 1.18. The average Bonchev–Trinajstić information content (AvgIpc) is 3.86. The Bertz CT molecular complexity index is 3370. The van der Waals surface area contributed by atoms with E-state index in [2.05, 4.69) is 241 Å². The van der Waals surface area contributed by atoms with Gasteiger partial charge in [-0.15, -0.1) is 11.3 Å². The van der Waals surface area contributed by atoms with Crippen molar-refractivity contribution in [3.8, 4) is 16.8 Å². The van der Waals surface area contributed by atoms with Gasteiger partial charge in [-0.3, -0.25) is 0 Å². The molecule has 0 atom stereocenters. The molecule has 11 aromatic rings. The fourth-order valence-electron chi connectivity index (χ4n) is 8.74. The number of benzene rings is 9. The molecule has 60 heavy (non-hydrogen) atoms. The normalized spacial score (nSPS) is 12.2. The fraction of sp³-hybridized carbons (Fsp3) is 0. The Balaban J connectivity index is 1.18. The summed E-state index contributed by atoms with van der Waals surface area (Å²) in [5, 5.41) is 5.04. The molecular weight excluding hydrogens is 743 g/mol. The molecule has 0 aliphatic heterocycles. The van der Waals surface area contributed by atoms with Crippen LogP contribution in [0, 0.1) is 0 Å². The van der Waals surface area contributed by atoms with E-state index in [9.17, 15) is 0 Å². The molecule has 9 aromatic carbocycles. The highest BCUT2D eigenvalue weighted by Crippen LogP contribution is 2.45. The summed E-state index contributed by atoms with van der Waals surface area (Å²) in [5.41, 5.74) is 15.5. The lowest BCUT2D eigenvalue weighted by Gasteiger charge is -2.16. The number of hydrogen-bond donors (Lipinski definition) is 0. The maximum atomic E-state index is 2.44. The number of fused-ring (bicyclic) bond motifs is 6. The molecule has 0 spiro atoms. The van der Waals surface area contributed by atoms with Crippen molar-refractivity contribution in [2.24, 2.45) is 0 Å². The van der Waals surface area contributed by atoms with Crippen LogP contribution in [0.15, 0.2) is 224 Å². The fourth-order valence-corrected chi connectivity index (χ4v) is 9.93. The summed E-state index contributed by atoms with van der Waals surface area (Å²) >= 11 is 1.89. The Hall–Kier alpha value is -7.52. The van der Waals surface area contributed by atoms with Crippen LogP contribution in [0.3, 0.4) is 0 Å². The monoisotopic (exact) mass is 781 g/mol. The highest BCUT2D eigenvalue weighted by molar-refractivity contribution is 7.26. The van der Waals surface area contributed by atoms with Gasteiger partial charge >= 0.3 is 0 Å². The van der Waals surface area contributed by atoms with Gasteiger partial charge in [-0.05, 0) is 111 Å². The van der Waals surface area contributed by atoms with Crippen LogP contribution >= 0.6 is 11.3 Å². The topological polar surface area (TPSA) is 4.93 Å². The molecule has 0 unspecified atom stereocenters. The summed E-state index contributed by atoms with van der Waals surface area (Å²) in [4.78, 5) is 0. The van der Waals surface area contributed by atoms with Crippen LogP contribution in [0.2, 0.25) is 0 Å². The lowest BCUT2D eigenvalue weighted by atomic mass is 9.88. The van der Waals surface area contributed by atoms with Gasteiger partial charge in [0.05, 0.1) is 11.0 Å². The molecule has 0 aliphatic rings. The number of rotatable bonds is 8. The van der Waals surface area contributed by atoms with Crippen LogP contribution in [0.5, 0.6) is 0 Å². The summed E-state index contributed by atoms with van der Waals surface area (Å²) in [6.07, 6.45) is 4.69. The van der Waals surface area contributed by atoms with Gasteiger partial charge in [-0.25, -0.2) is 0 Å². The Morgan fingerprint density at radius 3 is 1.58 bits per heavy atom. The van der Waals surface area contributed by atoms with Crippen molar-refractivity contribution >= 4 is 76.6 Å². The van der Waals surface area contributed by atoms with Gasteiger partial charge in [0.15, 0.2) is 0 Å². The first-order valence-corrected chi connectivity index (χ1v) is 21.3. The lowest BCUT2D eigenvalue weighted by Crippen LogP contribution is -1.94. The van der Waals surface area contributed by atoms with Gasteiger partial charge in [0.25, 0.3) is 0 Å². The molecule has 0 N–H and O–H groups in total. The minimum atomic E-state index is 1.16. The van der Waals surface area contributed by atoms with E-state index in [1.807, 2.05) is 11.3 Å². The Labute approximate surface area is 354 Å². The van der Waals surface area contributed by atoms with E-state index in [-0.39, 0.29) is 0 Å². The van der Waals surface area contributed by atoms with E-state index in [4.69, 9.17) is 0 Å². The molecule has 0 amide bonds. The molecule has 0 saturated heterocycles. The molecule has 0 radical (unpaired) electrons. The zero-order valence-corrected chi connectivity index (χ0v) is 33.7. The molecule has 1 nitrogen and oxygen atoms in total. The quantitative estimate of drug-likeness (QED) is 0.135. The molecule has 2 heteroatoms. The van der Waals surface area contributed by atoms with Crippen LogP contribution in [0.4, 0.5) is 0 Å². The minimum Gasteiger partial charge on any atom is -0.309 e. The third-order valence-electron chi connectivity index (χ3n) is 11.6. The Kier molecular flexibility index (Phi) is 9.11. The highest BCUT2D eigenvalue weighted by Gasteiger charge is 2.19. The highest BCUT2D eigenvalue weighted by atomic mass is 32.1. The molecular formula is C58H39NS. The van der Waals surface area contributed by atoms with Crippen molar-refractivity contribution in [3.05, 3.63) is 258 Å². The second kappa shape index (κ2) is 15.3. The molecule has 0 aliphatic carbocycles. The Morgan fingerprint density at radius 2 is 0.900 bits per heavy atom. The molecule has 0 saturated carbocycles. The molecule has 0 fully saturated rings. The first kappa shape index (κ1) is 35.6. The van der Waals surface area contributed by atoms with Gasteiger partial charge in [0.1, 0.15) is 0 Å². The standard InChI is InChI=1S/C58H39NS/c1-6-18-40(19-7-1)34-50(42-22-10-3-11-23-42)46-37-53(51(43-24-12-4-13-25-43)35-41-20-8-2-9-21-41)58-54(38-46)52-36-44(31-33-57(52)60-58)45-30-32-49-48-28-16-17-29-55(48)59(56(49)39-45)47-26-14-5-15-27-47/h1-39H/b50-34+,51-35-. The number of aromatic nitrogens is 1. The first-order chi connectivity index (χ1) is 29.7. The van der Waals surface area contributed by atoms with Gasteiger partial charge in [-0.2, -0.15) is 0 Å². The summed E-state index contributed by atoms with van der Waals surface area (Å²) in [7, 11) is 0. The van der Waals surface area contributed by atoms with Gasteiger partial charge in [-0.1, -0.05) is 176 Å². The van der Waals surface area contributed by atoms with Crippen LogP contribution in [0.1, 0.15) is 33.4 Å². The van der Waals surface area contributed by atoms with Gasteiger partial charge in [0, 0.05) is 42.2 Å². The van der Waals surface area contributed by atoms with Crippen molar-refractivity contribution in [3.63, 3.8) is 0 Å². The van der Waals surface area contributed by atoms with Crippen LogP contribution in [-0.4, -0.2) is 4.57 Å². The SMILES string of the molecule is C(=C(\c1ccccc1)c1cc(/C(=C/c2ccccc2)c2ccccc2)cc2c1sc1ccc(-c3ccc4c5ccccc5n(-c5ccccc5)c4c3)cc12)/c1ccccc1. The maximum absolute atomic E-state index is 2.44. The second-order valence-electron chi connectivity index (χ2n) is 15.3. The summed E-state index contributed by atoms with van der Waals surface area (Å²) < 4.78 is 4.95. The first-order valence-electron chi connectivity index (χ1n) is 20.5. The van der Waals surface area contributed by atoms with E-state index in [1.165, 1.54) is 97.6 Å². The largest absolute Gasteiger partial charge is 0.309 e. The maximum Gasteiger partial charge on any atom is 0.0547 e. The number of hydrogen-bond acceptors (Lipinski definition) is 1. The second-order valence-corrected chi connectivity index (χ2v) is 16.4. The Morgan fingerprint density at radius 1 is 0.367 bits per heavy atom. The zero-order valence-electron chi connectivity index (χ0n) is 32.9. The van der Waals surface area contributed by atoms with Crippen LogP contribution in [0.25, 0.3) is 82.1 Å². The predicted molar refractivity (Wildman–Crippen MR) is 259 cm³/mol. The molecule has 282 valence electrons. The van der Waals surface area contributed by atoms with E-state index in [0.717, 1.165) is 5.69 Å². The van der Waals surface area contributed by atoms with E-state index in [1.54, 1.807) is 0 Å². The van der Waals surface area contributed by atoms with E-state index >= 15 is 0 Å². The number of para-hydroxylation sites is 2. The number of thiophene rings is 1. The van der Waals surface area contributed by atoms with E-state index in [0.29, 0.717) is 0 Å². The summed E-state index contributed by atoms with van der Waals surface area (Å²) in [6, 6.07) is 81.4. The third-order valence-corrected chi connectivity index (χ3v) is 12.8. The third kappa shape index (κ3) is 6.54. The predicted octanol–water partition coefficient (Wildman–Crippen LogP) is 16.0. The van der Waals surface area contributed by atoms with Crippen LogP contribution < -0.4 is 0 Å². The summed E-state index contributed by atoms with van der Waals surface area (Å²) in [5.74, 6) is 0. The van der Waals surface area contributed by atoms with E-state index < -0.39 is 0 Å². The van der Waals surface area contributed by atoms with Crippen molar-refractivity contribution < 1.29 is 0 Å². The summed E-state index contributed by atoms with van der Waals surface area (Å²) in [6.45, 7) is 0. The molecule has 11 rings (SSSR count). The van der Waals surface area contributed by atoms with Crippen molar-refractivity contribution in [1.82, 2.24) is 4.57 Å². The van der Waals surface area contributed by atoms with Gasteiger partial charge < -0.3 is 4.57 Å². The molecule has 2 aromatic heterocycles. The minimum absolute atomic E-state index is 1.16. The van der Waals surface area contributed by atoms with Gasteiger partial charge in [0.2, 0.25) is 0 Å². The number of nitrogens with zero attached hydrogens (tertiary/aromatic N) is 1. The van der Waals surface area contributed by atoms with Crippen molar-refractivity contribution in [2.45, 2.75) is 0 Å². The van der Waals surface area contributed by atoms with Crippen LogP contribution in [-0.2, 0) is 0 Å². The molecule has 2 heterocycles. The zero-order chi connectivity index (χ0) is 39.8. The molecule has 0 bridgehead atoms.